The smallest absolute Gasteiger partial charge is 0.250 e. The van der Waals surface area contributed by atoms with Crippen LogP contribution in [0, 0.1) is 0 Å². The van der Waals surface area contributed by atoms with Gasteiger partial charge in [0.1, 0.15) is 4.21 Å². The lowest BCUT2D eigenvalue weighted by Crippen LogP contribution is -2.28. The van der Waals surface area contributed by atoms with Gasteiger partial charge in [0, 0.05) is 29.1 Å². The molecule has 0 spiro atoms. The standard InChI is InChI=1S/C14H19N3O3S2/c1-2-12-3-4-14(21-12)22(18,19)16-6-7-17-13-5-8-20-10-11(13)9-15-17/h3-4,9,16H,2,5-8,10H2,1H3. The van der Waals surface area contributed by atoms with E-state index in [4.69, 9.17) is 4.74 Å². The second-order valence-electron chi connectivity index (χ2n) is 5.11. The van der Waals surface area contributed by atoms with Crippen molar-refractivity contribution in [1.29, 1.82) is 0 Å². The first kappa shape index (κ1) is 15.7. The molecule has 1 aliphatic heterocycles. The van der Waals surface area contributed by atoms with Crippen LogP contribution in [0.15, 0.2) is 22.5 Å². The monoisotopic (exact) mass is 341 g/mol. The van der Waals surface area contributed by atoms with Gasteiger partial charge in [0.15, 0.2) is 0 Å². The van der Waals surface area contributed by atoms with Gasteiger partial charge in [-0.3, -0.25) is 4.68 Å². The van der Waals surface area contributed by atoms with E-state index in [1.165, 1.54) is 11.3 Å². The van der Waals surface area contributed by atoms with Crippen LogP contribution >= 0.6 is 11.3 Å². The van der Waals surface area contributed by atoms with Crippen LogP contribution in [0.3, 0.4) is 0 Å². The van der Waals surface area contributed by atoms with E-state index < -0.39 is 10.0 Å². The van der Waals surface area contributed by atoms with E-state index in [0.717, 1.165) is 29.0 Å². The van der Waals surface area contributed by atoms with E-state index in [1.807, 2.05) is 17.7 Å². The van der Waals surface area contributed by atoms with E-state index in [0.29, 0.717) is 30.5 Å². The number of aryl methyl sites for hydroxylation is 1. The SMILES string of the molecule is CCc1ccc(S(=O)(=O)NCCn2ncc3c2CCOC3)s1. The Labute approximate surface area is 134 Å². The molecule has 8 heteroatoms. The molecule has 0 fully saturated rings. The summed E-state index contributed by atoms with van der Waals surface area (Å²) in [5.74, 6) is 0. The van der Waals surface area contributed by atoms with Gasteiger partial charge in [0.2, 0.25) is 10.0 Å². The number of nitrogens with one attached hydrogen (secondary N) is 1. The van der Waals surface area contributed by atoms with E-state index in [-0.39, 0.29) is 0 Å². The lowest BCUT2D eigenvalue weighted by Gasteiger charge is -2.14. The summed E-state index contributed by atoms with van der Waals surface area (Å²) in [6.07, 6.45) is 3.48. The summed E-state index contributed by atoms with van der Waals surface area (Å²) >= 11 is 1.32. The normalized spacial score (nSPS) is 15.0. The Bertz CT molecular complexity index is 749. The van der Waals surface area contributed by atoms with Gasteiger partial charge in [0.05, 0.1) is 26.0 Å². The third-order valence-corrected chi connectivity index (χ3v) is 6.82. The number of thiophene rings is 1. The van der Waals surface area contributed by atoms with Crippen molar-refractivity contribution in [1.82, 2.24) is 14.5 Å². The highest BCUT2D eigenvalue weighted by Gasteiger charge is 2.18. The first-order chi connectivity index (χ1) is 10.6. The Morgan fingerprint density at radius 1 is 1.45 bits per heavy atom. The van der Waals surface area contributed by atoms with Gasteiger partial charge in [-0.1, -0.05) is 6.92 Å². The molecule has 1 N–H and O–H groups in total. The highest BCUT2D eigenvalue weighted by atomic mass is 32.2. The quantitative estimate of drug-likeness (QED) is 0.865. The van der Waals surface area contributed by atoms with Crippen LogP contribution in [0.5, 0.6) is 0 Å². The van der Waals surface area contributed by atoms with Crippen LogP contribution in [-0.4, -0.2) is 31.3 Å². The summed E-state index contributed by atoms with van der Waals surface area (Å²) < 4.78 is 34.7. The average molecular weight is 341 g/mol. The molecule has 0 atom stereocenters. The van der Waals surface area contributed by atoms with Gasteiger partial charge in [-0.2, -0.15) is 5.10 Å². The first-order valence-electron chi connectivity index (χ1n) is 7.30. The molecule has 0 saturated carbocycles. The molecule has 0 unspecified atom stereocenters. The fourth-order valence-electron chi connectivity index (χ4n) is 2.45. The maximum absolute atomic E-state index is 12.2. The Balaban J connectivity index is 1.61. The van der Waals surface area contributed by atoms with Gasteiger partial charge >= 0.3 is 0 Å². The predicted octanol–water partition coefficient (Wildman–Crippen LogP) is 1.56. The zero-order valence-electron chi connectivity index (χ0n) is 12.4. The molecule has 22 heavy (non-hydrogen) atoms. The Kier molecular flexibility index (Phi) is 4.62. The highest BCUT2D eigenvalue weighted by molar-refractivity contribution is 7.91. The van der Waals surface area contributed by atoms with E-state index >= 15 is 0 Å². The van der Waals surface area contributed by atoms with Crippen molar-refractivity contribution in [2.24, 2.45) is 0 Å². The number of hydrogen-bond donors (Lipinski definition) is 1. The number of aromatic nitrogens is 2. The highest BCUT2D eigenvalue weighted by Crippen LogP contribution is 2.21. The minimum absolute atomic E-state index is 0.330. The number of rotatable bonds is 6. The van der Waals surface area contributed by atoms with Gasteiger partial charge < -0.3 is 4.74 Å². The first-order valence-corrected chi connectivity index (χ1v) is 9.60. The second-order valence-corrected chi connectivity index (χ2v) is 8.28. The van der Waals surface area contributed by atoms with Crippen LogP contribution in [0.2, 0.25) is 0 Å². The maximum atomic E-state index is 12.2. The number of sulfonamides is 1. The van der Waals surface area contributed by atoms with Crippen molar-refractivity contribution < 1.29 is 13.2 Å². The minimum Gasteiger partial charge on any atom is -0.376 e. The van der Waals surface area contributed by atoms with Gasteiger partial charge in [-0.05, 0) is 18.6 Å². The summed E-state index contributed by atoms with van der Waals surface area (Å²) in [5, 5.41) is 4.31. The Morgan fingerprint density at radius 3 is 3.09 bits per heavy atom. The molecule has 6 nitrogen and oxygen atoms in total. The molecule has 1 aliphatic rings. The van der Waals surface area contributed by atoms with Crippen molar-refractivity contribution in [3.63, 3.8) is 0 Å². The van der Waals surface area contributed by atoms with E-state index in [2.05, 4.69) is 9.82 Å². The molecule has 0 amide bonds. The third kappa shape index (κ3) is 3.24. The number of ether oxygens (including phenoxy) is 1. The van der Waals surface area contributed by atoms with Crippen molar-refractivity contribution in [3.8, 4) is 0 Å². The molecule has 2 aromatic rings. The van der Waals surface area contributed by atoms with E-state index in [9.17, 15) is 8.42 Å². The molecule has 0 bridgehead atoms. The van der Waals surface area contributed by atoms with E-state index in [1.54, 1.807) is 12.3 Å². The molecule has 0 saturated heterocycles. The van der Waals surface area contributed by atoms with Crippen LogP contribution in [-0.2, 0) is 40.8 Å². The van der Waals surface area contributed by atoms with Crippen molar-refractivity contribution >= 4 is 21.4 Å². The molecular weight excluding hydrogens is 322 g/mol. The predicted molar refractivity (Wildman–Crippen MR) is 84.5 cm³/mol. The number of hydrogen-bond acceptors (Lipinski definition) is 5. The second kappa shape index (κ2) is 6.49. The van der Waals surface area contributed by atoms with Gasteiger partial charge in [0.25, 0.3) is 0 Å². The molecule has 3 heterocycles. The van der Waals surface area contributed by atoms with Crippen molar-refractivity contribution in [3.05, 3.63) is 34.5 Å². The molecule has 3 rings (SSSR count). The number of fused-ring (bicyclic) bond motifs is 1. The lowest BCUT2D eigenvalue weighted by atomic mass is 10.2. The van der Waals surface area contributed by atoms with Crippen LogP contribution in [0.4, 0.5) is 0 Å². The van der Waals surface area contributed by atoms with Gasteiger partial charge in [-0.25, -0.2) is 13.1 Å². The van der Waals surface area contributed by atoms with Crippen molar-refractivity contribution in [2.45, 2.75) is 37.1 Å². The zero-order chi connectivity index (χ0) is 15.6. The van der Waals surface area contributed by atoms with Crippen molar-refractivity contribution in [2.75, 3.05) is 13.2 Å². The minimum atomic E-state index is -3.42. The summed E-state index contributed by atoms with van der Waals surface area (Å²) in [4.78, 5) is 1.07. The maximum Gasteiger partial charge on any atom is 0.250 e. The van der Waals surface area contributed by atoms with Crippen LogP contribution in [0.25, 0.3) is 0 Å². The molecular formula is C14H19N3O3S2. The topological polar surface area (TPSA) is 73.2 Å². The molecule has 120 valence electrons. The average Bonchev–Trinajstić information content (AvgIpc) is 3.14. The molecule has 0 aromatic carbocycles. The third-order valence-electron chi connectivity index (χ3n) is 3.64. The lowest BCUT2D eigenvalue weighted by molar-refractivity contribution is 0.109. The molecule has 0 radical (unpaired) electrons. The Morgan fingerprint density at radius 2 is 2.32 bits per heavy atom. The van der Waals surface area contributed by atoms with Crippen LogP contribution < -0.4 is 4.72 Å². The summed E-state index contributed by atoms with van der Waals surface area (Å²) in [6.45, 7) is 4.16. The number of nitrogens with zero attached hydrogens (tertiary/aromatic N) is 2. The largest absolute Gasteiger partial charge is 0.376 e. The summed E-state index contributed by atoms with van der Waals surface area (Å²) in [7, 11) is -3.42. The summed E-state index contributed by atoms with van der Waals surface area (Å²) in [5.41, 5.74) is 2.25. The fraction of sp³-hybridized carbons (Fsp3) is 0.500. The molecule has 0 aliphatic carbocycles. The fourth-order valence-corrected chi connectivity index (χ4v) is 4.81. The molecule has 2 aromatic heterocycles. The Hall–Kier alpha value is -1.22. The summed E-state index contributed by atoms with van der Waals surface area (Å²) in [6, 6.07) is 3.53. The van der Waals surface area contributed by atoms with Gasteiger partial charge in [-0.15, -0.1) is 11.3 Å². The zero-order valence-corrected chi connectivity index (χ0v) is 14.0. The van der Waals surface area contributed by atoms with Crippen LogP contribution in [0.1, 0.15) is 23.1 Å².